The standard InChI is InChI=1S/C9H18N2O3/c1-6(2)14-5-9(13)11-7(3)4-8(10)12/h6-7H,4-5H2,1-3H3,(H2,10,12)(H,11,13). The molecule has 1 atom stereocenters. The van der Waals surface area contributed by atoms with Crippen LogP contribution in [0.25, 0.3) is 0 Å². The van der Waals surface area contributed by atoms with Gasteiger partial charge in [0.05, 0.1) is 6.10 Å². The molecule has 0 saturated heterocycles. The van der Waals surface area contributed by atoms with E-state index in [1.807, 2.05) is 13.8 Å². The Bertz CT molecular complexity index is 204. The van der Waals surface area contributed by atoms with E-state index < -0.39 is 5.91 Å². The monoisotopic (exact) mass is 202 g/mol. The molecule has 0 spiro atoms. The molecule has 3 N–H and O–H groups in total. The summed E-state index contributed by atoms with van der Waals surface area (Å²) in [4.78, 5) is 21.6. The number of hydrogen-bond acceptors (Lipinski definition) is 3. The van der Waals surface area contributed by atoms with Crippen molar-refractivity contribution in [2.24, 2.45) is 5.73 Å². The maximum absolute atomic E-state index is 11.2. The molecule has 5 heteroatoms. The summed E-state index contributed by atoms with van der Waals surface area (Å²) in [6, 6.07) is -0.240. The molecule has 0 fully saturated rings. The Labute approximate surface area is 84.0 Å². The van der Waals surface area contributed by atoms with E-state index in [1.165, 1.54) is 0 Å². The van der Waals surface area contributed by atoms with Gasteiger partial charge in [-0.1, -0.05) is 0 Å². The minimum atomic E-state index is -0.428. The lowest BCUT2D eigenvalue weighted by Crippen LogP contribution is -2.38. The lowest BCUT2D eigenvalue weighted by molar-refractivity contribution is -0.128. The van der Waals surface area contributed by atoms with E-state index in [1.54, 1.807) is 6.92 Å². The Balaban J connectivity index is 3.66. The molecule has 0 radical (unpaired) electrons. The first kappa shape index (κ1) is 12.9. The van der Waals surface area contributed by atoms with Gasteiger partial charge in [0.15, 0.2) is 0 Å². The molecule has 0 aromatic rings. The largest absolute Gasteiger partial charge is 0.370 e. The van der Waals surface area contributed by atoms with Gasteiger partial charge in [-0.3, -0.25) is 9.59 Å². The molecule has 14 heavy (non-hydrogen) atoms. The number of hydrogen-bond donors (Lipinski definition) is 2. The van der Waals surface area contributed by atoms with Crippen LogP contribution >= 0.6 is 0 Å². The second kappa shape index (κ2) is 6.37. The van der Waals surface area contributed by atoms with Crippen LogP contribution in [0.5, 0.6) is 0 Å². The van der Waals surface area contributed by atoms with Gasteiger partial charge in [-0.15, -0.1) is 0 Å². The Morgan fingerprint density at radius 1 is 1.36 bits per heavy atom. The highest BCUT2D eigenvalue weighted by Crippen LogP contribution is 1.91. The van der Waals surface area contributed by atoms with Crippen LogP contribution in [0.2, 0.25) is 0 Å². The third-order valence-electron chi connectivity index (χ3n) is 1.46. The molecule has 1 unspecified atom stereocenters. The van der Waals surface area contributed by atoms with Gasteiger partial charge in [-0.2, -0.15) is 0 Å². The minimum Gasteiger partial charge on any atom is -0.370 e. The molecule has 0 aliphatic rings. The molecule has 0 aliphatic heterocycles. The van der Waals surface area contributed by atoms with Gasteiger partial charge >= 0.3 is 0 Å². The van der Waals surface area contributed by atoms with Gasteiger partial charge in [0.25, 0.3) is 0 Å². The number of nitrogens with two attached hydrogens (primary N) is 1. The lowest BCUT2D eigenvalue weighted by Gasteiger charge is -2.13. The molecular formula is C9H18N2O3. The highest BCUT2D eigenvalue weighted by Gasteiger charge is 2.10. The second-order valence-corrected chi connectivity index (χ2v) is 3.50. The van der Waals surface area contributed by atoms with Crippen LogP contribution in [-0.4, -0.2) is 30.6 Å². The van der Waals surface area contributed by atoms with Crippen LogP contribution in [0.15, 0.2) is 0 Å². The Kier molecular flexibility index (Phi) is 5.87. The van der Waals surface area contributed by atoms with Gasteiger partial charge in [-0.25, -0.2) is 0 Å². The number of carbonyl (C=O) groups is 2. The van der Waals surface area contributed by atoms with E-state index in [0.717, 1.165) is 0 Å². The quantitative estimate of drug-likeness (QED) is 0.625. The minimum absolute atomic E-state index is 0.0147. The normalized spacial score (nSPS) is 12.6. The predicted octanol–water partition coefficient (Wildman–Crippen LogP) is -0.208. The first-order chi connectivity index (χ1) is 6.41. The summed E-state index contributed by atoms with van der Waals surface area (Å²) in [7, 11) is 0. The third kappa shape index (κ3) is 7.54. The summed E-state index contributed by atoms with van der Waals surface area (Å²) in [5.74, 6) is -0.657. The maximum atomic E-state index is 11.2. The summed E-state index contributed by atoms with van der Waals surface area (Å²) < 4.78 is 5.08. The van der Waals surface area contributed by atoms with Gasteiger partial charge in [-0.05, 0) is 20.8 Å². The Morgan fingerprint density at radius 2 is 1.93 bits per heavy atom. The number of carbonyl (C=O) groups excluding carboxylic acids is 2. The summed E-state index contributed by atoms with van der Waals surface area (Å²) in [6.45, 7) is 5.43. The molecule has 5 nitrogen and oxygen atoms in total. The molecule has 0 aromatic heterocycles. The first-order valence-electron chi connectivity index (χ1n) is 4.61. The smallest absolute Gasteiger partial charge is 0.246 e. The fourth-order valence-corrected chi connectivity index (χ4v) is 0.912. The van der Waals surface area contributed by atoms with E-state index in [4.69, 9.17) is 10.5 Å². The highest BCUT2D eigenvalue weighted by atomic mass is 16.5. The van der Waals surface area contributed by atoms with Crippen molar-refractivity contribution < 1.29 is 14.3 Å². The van der Waals surface area contributed by atoms with Crippen LogP contribution in [0.4, 0.5) is 0 Å². The van der Waals surface area contributed by atoms with Crippen molar-refractivity contribution in [3.8, 4) is 0 Å². The zero-order valence-electron chi connectivity index (χ0n) is 8.87. The van der Waals surface area contributed by atoms with Crippen LogP contribution in [0.1, 0.15) is 27.2 Å². The lowest BCUT2D eigenvalue weighted by atomic mass is 10.2. The van der Waals surface area contributed by atoms with Gasteiger partial charge in [0.1, 0.15) is 6.61 Å². The van der Waals surface area contributed by atoms with Crippen molar-refractivity contribution in [2.75, 3.05) is 6.61 Å². The van der Waals surface area contributed by atoms with Crippen molar-refractivity contribution in [1.82, 2.24) is 5.32 Å². The van der Waals surface area contributed by atoms with Crippen LogP contribution in [0, 0.1) is 0 Å². The molecule has 0 saturated carbocycles. The molecule has 2 amide bonds. The average molecular weight is 202 g/mol. The number of ether oxygens (including phenoxy) is 1. The molecule has 0 bridgehead atoms. The van der Waals surface area contributed by atoms with Crippen LogP contribution < -0.4 is 11.1 Å². The van der Waals surface area contributed by atoms with Crippen molar-refractivity contribution in [3.63, 3.8) is 0 Å². The van der Waals surface area contributed by atoms with E-state index >= 15 is 0 Å². The molecule has 0 rings (SSSR count). The van der Waals surface area contributed by atoms with Crippen molar-refractivity contribution in [3.05, 3.63) is 0 Å². The SMILES string of the molecule is CC(CC(N)=O)NC(=O)COC(C)C. The maximum Gasteiger partial charge on any atom is 0.246 e. The van der Waals surface area contributed by atoms with Gasteiger partial charge in [0, 0.05) is 12.5 Å². The Morgan fingerprint density at radius 3 is 2.36 bits per heavy atom. The molecule has 0 aliphatic carbocycles. The zero-order chi connectivity index (χ0) is 11.1. The fourth-order valence-electron chi connectivity index (χ4n) is 0.912. The number of nitrogens with one attached hydrogen (secondary N) is 1. The predicted molar refractivity (Wildman–Crippen MR) is 52.5 cm³/mol. The van der Waals surface area contributed by atoms with Gasteiger partial charge in [0.2, 0.25) is 11.8 Å². The summed E-state index contributed by atoms with van der Waals surface area (Å²) >= 11 is 0. The summed E-state index contributed by atoms with van der Waals surface area (Å²) in [6.07, 6.45) is 0.167. The average Bonchev–Trinajstić information content (AvgIpc) is 1.98. The highest BCUT2D eigenvalue weighted by molar-refractivity contribution is 5.79. The van der Waals surface area contributed by atoms with Crippen molar-refractivity contribution in [2.45, 2.75) is 39.3 Å². The topological polar surface area (TPSA) is 81.4 Å². The fraction of sp³-hybridized carbons (Fsp3) is 0.778. The third-order valence-corrected chi connectivity index (χ3v) is 1.46. The van der Waals surface area contributed by atoms with E-state index in [2.05, 4.69) is 5.32 Å². The van der Waals surface area contributed by atoms with Crippen LogP contribution in [-0.2, 0) is 14.3 Å². The molecular weight excluding hydrogens is 184 g/mol. The number of rotatable bonds is 6. The summed E-state index contributed by atoms with van der Waals surface area (Å²) in [5, 5.41) is 2.60. The molecule has 0 aromatic carbocycles. The zero-order valence-corrected chi connectivity index (χ0v) is 8.87. The van der Waals surface area contributed by atoms with E-state index in [9.17, 15) is 9.59 Å². The van der Waals surface area contributed by atoms with Gasteiger partial charge < -0.3 is 15.8 Å². The van der Waals surface area contributed by atoms with E-state index in [-0.39, 0.29) is 31.1 Å². The number of primary amides is 1. The van der Waals surface area contributed by atoms with Crippen molar-refractivity contribution in [1.29, 1.82) is 0 Å². The molecule has 0 heterocycles. The van der Waals surface area contributed by atoms with E-state index in [0.29, 0.717) is 0 Å². The summed E-state index contributed by atoms with van der Waals surface area (Å²) in [5.41, 5.74) is 4.97. The second-order valence-electron chi connectivity index (χ2n) is 3.50. The first-order valence-corrected chi connectivity index (χ1v) is 4.61. The molecule has 82 valence electrons. The Hall–Kier alpha value is -1.10. The van der Waals surface area contributed by atoms with Crippen molar-refractivity contribution >= 4 is 11.8 Å². The van der Waals surface area contributed by atoms with Crippen LogP contribution in [0.3, 0.4) is 0 Å². The number of amides is 2.